The van der Waals surface area contributed by atoms with Gasteiger partial charge in [0.25, 0.3) is 5.91 Å². The van der Waals surface area contributed by atoms with Crippen molar-refractivity contribution in [1.82, 2.24) is 9.88 Å². The first kappa shape index (κ1) is 17.1. The average molecular weight is 349 g/mol. The second-order valence-electron chi connectivity index (χ2n) is 7.76. The van der Waals surface area contributed by atoms with E-state index in [0.29, 0.717) is 11.5 Å². The predicted octanol–water partition coefficient (Wildman–Crippen LogP) is 4.09. The lowest BCUT2D eigenvalue weighted by Crippen LogP contribution is -2.56. The molecule has 0 unspecified atom stereocenters. The molecule has 1 aliphatic carbocycles. The fourth-order valence-corrected chi connectivity index (χ4v) is 4.60. The number of piperidine rings is 1. The summed E-state index contributed by atoms with van der Waals surface area (Å²) >= 11 is 0. The lowest BCUT2D eigenvalue weighted by atomic mass is 9.60. The molecule has 0 bridgehead atoms. The maximum atomic E-state index is 13.1. The number of anilines is 1. The highest BCUT2D eigenvalue weighted by atomic mass is 16.2. The van der Waals surface area contributed by atoms with Crippen molar-refractivity contribution in [3.05, 3.63) is 67.0 Å². The van der Waals surface area contributed by atoms with Crippen LogP contribution in [0.2, 0.25) is 0 Å². The number of rotatable bonds is 5. The number of aromatic nitrogens is 1. The number of nitrogens with zero attached hydrogens (tertiary/aromatic N) is 2. The molecule has 1 aliphatic heterocycles. The second kappa shape index (κ2) is 7.12. The Hall–Kier alpha value is -2.33. The van der Waals surface area contributed by atoms with Gasteiger partial charge in [-0.25, -0.2) is 0 Å². The summed E-state index contributed by atoms with van der Waals surface area (Å²) in [6.07, 6.45) is 10.3. The zero-order valence-corrected chi connectivity index (χ0v) is 15.2. The van der Waals surface area contributed by atoms with Gasteiger partial charge < -0.3 is 9.88 Å². The van der Waals surface area contributed by atoms with Crippen molar-refractivity contribution in [1.29, 1.82) is 0 Å². The van der Waals surface area contributed by atoms with Gasteiger partial charge in [-0.05, 0) is 62.4 Å². The number of para-hydroxylation sites is 1. The van der Waals surface area contributed by atoms with Crippen molar-refractivity contribution in [3.63, 3.8) is 0 Å². The van der Waals surface area contributed by atoms with Crippen molar-refractivity contribution in [2.24, 2.45) is 5.41 Å². The summed E-state index contributed by atoms with van der Waals surface area (Å²) in [4.78, 5) is 20.6. The number of aromatic amines is 1. The van der Waals surface area contributed by atoms with Crippen molar-refractivity contribution in [3.8, 4) is 0 Å². The van der Waals surface area contributed by atoms with E-state index in [9.17, 15) is 4.79 Å². The Morgan fingerprint density at radius 3 is 2.58 bits per heavy atom. The van der Waals surface area contributed by atoms with Crippen LogP contribution in [-0.4, -0.2) is 41.5 Å². The van der Waals surface area contributed by atoms with Gasteiger partial charge in [-0.3, -0.25) is 9.69 Å². The number of hydrogen-bond acceptors (Lipinski definition) is 2. The summed E-state index contributed by atoms with van der Waals surface area (Å²) in [6, 6.07) is 12.3. The zero-order valence-electron chi connectivity index (χ0n) is 15.2. The molecule has 0 radical (unpaired) electrons. The fourth-order valence-electron chi connectivity index (χ4n) is 4.60. The number of benzene rings is 1. The Balaban J connectivity index is 1.49. The van der Waals surface area contributed by atoms with E-state index >= 15 is 0 Å². The molecule has 1 spiro atoms. The van der Waals surface area contributed by atoms with E-state index in [-0.39, 0.29) is 5.91 Å². The third kappa shape index (κ3) is 3.21. The van der Waals surface area contributed by atoms with E-state index in [0.717, 1.165) is 43.7 Å². The fraction of sp³-hybridized carbons (Fsp3) is 0.409. The Morgan fingerprint density at radius 1 is 1.23 bits per heavy atom. The molecule has 2 aromatic rings. The molecule has 1 N–H and O–H groups in total. The molecule has 4 heteroatoms. The molecule has 2 heterocycles. The lowest BCUT2D eigenvalue weighted by Gasteiger charge is -2.55. The minimum absolute atomic E-state index is 0.0985. The topological polar surface area (TPSA) is 39.3 Å². The monoisotopic (exact) mass is 349 g/mol. The van der Waals surface area contributed by atoms with Crippen LogP contribution < -0.4 is 4.90 Å². The summed E-state index contributed by atoms with van der Waals surface area (Å²) in [7, 11) is 0. The molecule has 136 valence electrons. The molecule has 1 aromatic carbocycles. The molecular weight excluding hydrogens is 322 g/mol. The number of carbonyl (C=O) groups excluding carboxylic acids is 1. The molecular formula is C22H27N3O. The Kier molecular flexibility index (Phi) is 4.68. The summed E-state index contributed by atoms with van der Waals surface area (Å²) in [5, 5.41) is 0. The van der Waals surface area contributed by atoms with Crippen molar-refractivity contribution >= 4 is 11.6 Å². The third-order valence-electron chi connectivity index (χ3n) is 6.10. The predicted molar refractivity (Wildman–Crippen MR) is 105 cm³/mol. The molecule has 2 fully saturated rings. The minimum Gasteiger partial charge on any atom is -0.367 e. The van der Waals surface area contributed by atoms with Crippen LogP contribution in [-0.2, 0) is 0 Å². The molecule has 26 heavy (non-hydrogen) atoms. The number of H-pyrrole nitrogens is 1. The maximum absolute atomic E-state index is 13.1. The molecule has 1 aromatic heterocycles. The normalized spacial score (nSPS) is 19.8. The molecule has 4 rings (SSSR count). The van der Waals surface area contributed by atoms with Gasteiger partial charge in [-0.2, -0.15) is 0 Å². The summed E-state index contributed by atoms with van der Waals surface area (Å²) < 4.78 is 0. The summed E-state index contributed by atoms with van der Waals surface area (Å²) in [5.41, 5.74) is 2.16. The average Bonchev–Trinajstić information content (AvgIpc) is 3.18. The molecule has 4 nitrogen and oxygen atoms in total. The molecule has 1 saturated heterocycles. The number of hydrogen-bond donors (Lipinski definition) is 1. The minimum atomic E-state index is 0.0985. The smallest absolute Gasteiger partial charge is 0.260 e. The Morgan fingerprint density at radius 2 is 1.96 bits per heavy atom. The van der Waals surface area contributed by atoms with Gasteiger partial charge >= 0.3 is 0 Å². The van der Waals surface area contributed by atoms with E-state index in [2.05, 4.69) is 16.5 Å². The van der Waals surface area contributed by atoms with Gasteiger partial charge in [0.1, 0.15) is 0 Å². The van der Waals surface area contributed by atoms with Gasteiger partial charge in [0.05, 0.1) is 5.56 Å². The standard InChI is InChI=1S/C22H27N3O/c1-2-12-24-13-9-22(10-14-24)15-20(16-22)25(19-6-4-3-5-7-19)21(26)18-8-11-23-17-18/h2-8,11,17,20,23H,1,9-10,12-16H2. The number of nitrogens with one attached hydrogen (secondary N) is 1. The van der Waals surface area contributed by atoms with Crippen LogP contribution in [0.4, 0.5) is 5.69 Å². The molecule has 1 saturated carbocycles. The zero-order chi connectivity index (χ0) is 18.0. The van der Waals surface area contributed by atoms with Crippen LogP contribution in [0.25, 0.3) is 0 Å². The van der Waals surface area contributed by atoms with Gasteiger partial charge in [-0.15, -0.1) is 6.58 Å². The first-order chi connectivity index (χ1) is 12.7. The Labute approximate surface area is 155 Å². The van der Waals surface area contributed by atoms with Crippen LogP contribution in [0.5, 0.6) is 0 Å². The van der Waals surface area contributed by atoms with E-state index in [1.807, 2.05) is 53.6 Å². The second-order valence-corrected chi connectivity index (χ2v) is 7.76. The van der Waals surface area contributed by atoms with Crippen molar-refractivity contribution in [2.75, 3.05) is 24.5 Å². The van der Waals surface area contributed by atoms with E-state index < -0.39 is 0 Å². The van der Waals surface area contributed by atoms with Gasteiger partial charge in [0.15, 0.2) is 0 Å². The first-order valence-electron chi connectivity index (χ1n) is 9.55. The SMILES string of the molecule is C=CCN1CCC2(CC1)CC(N(C(=O)c1cc[nH]c1)c1ccccc1)C2. The first-order valence-corrected chi connectivity index (χ1v) is 9.55. The van der Waals surface area contributed by atoms with Crippen LogP contribution in [0.3, 0.4) is 0 Å². The highest BCUT2D eigenvalue weighted by Crippen LogP contribution is 2.51. The Bertz CT molecular complexity index is 737. The van der Waals surface area contributed by atoms with Crippen LogP contribution in [0.1, 0.15) is 36.0 Å². The highest BCUT2D eigenvalue weighted by Gasteiger charge is 2.49. The lowest BCUT2D eigenvalue weighted by molar-refractivity contribution is 0.0188. The van der Waals surface area contributed by atoms with Crippen LogP contribution >= 0.6 is 0 Å². The maximum Gasteiger partial charge on any atom is 0.260 e. The highest BCUT2D eigenvalue weighted by molar-refractivity contribution is 6.06. The van der Waals surface area contributed by atoms with Gasteiger partial charge in [-0.1, -0.05) is 24.3 Å². The molecule has 1 amide bonds. The van der Waals surface area contributed by atoms with Gasteiger partial charge in [0, 0.05) is 30.7 Å². The van der Waals surface area contributed by atoms with Crippen LogP contribution in [0.15, 0.2) is 61.4 Å². The number of carbonyl (C=O) groups is 1. The number of likely N-dealkylation sites (tertiary alicyclic amines) is 1. The van der Waals surface area contributed by atoms with Crippen LogP contribution in [0, 0.1) is 5.41 Å². The summed E-state index contributed by atoms with van der Waals surface area (Å²) in [6.45, 7) is 7.13. The third-order valence-corrected chi connectivity index (χ3v) is 6.10. The van der Waals surface area contributed by atoms with E-state index in [4.69, 9.17) is 0 Å². The number of amides is 1. The largest absolute Gasteiger partial charge is 0.367 e. The van der Waals surface area contributed by atoms with Crippen molar-refractivity contribution < 1.29 is 4.79 Å². The van der Waals surface area contributed by atoms with Gasteiger partial charge in [0.2, 0.25) is 0 Å². The van der Waals surface area contributed by atoms with E-state index in [1.165, 1.54) is 12.8 Å². The molecule has 0 atom stereocenters. The summed E-state index contributed by atoms with van der Waals surface area (Å²) in [5.74, 6) is 0.0985. The molecule has 2 aliphatic rings. The van der Waals surface area contributed by atoms with E-state index in [1.54, 1.807) is 6.20 Å². The quantitative estimate of drug-likeness (QED) is 0.826. The van der Waals surface area contributed by atoms with Crippen molar-refractivity contribution in [2.45, 2.75) is 31.7 Å².